The van der Waals surface area contributed by atoms with Crippen molar-refractivity contribution in [3.8, 4) is 0 Å². The SMILES string of the molecule is CCCCc1nc2c(N)nc3ccccc3c2n1CCCCN(C)C(C)(C)C.CCCCc1nc2c(N)nc3ccccc3c2n1CCCCNC(C)(C)C. The van der Waals surface area contributed by atoms with Crippen LogP contribution in [0, 0.1) is 0 Å². The summed E-state index contributed by atoms with van der Waals surface area (Å²) in [5.74, 6) is 3.36. The number of imidazole rings is 2. The number of pyridine rings is 2. The lowest BCUT2D eigenvalue weighted by Crippen LogP contribution is -2.38. The Labute approximate surface area is 329 Å². The molecular formula is C45H68N10. The lowest BCUT2D eigenvalue weighted by Gasteiger charge is -2.31. The van der Waals surface area contributed by atoms with Crippen LogP contribution in [0.4, 0.5) is 11.6 Å². The maximum absolute atomic E-state index is 6.28. The second kappa shape index (κ2) is 18.6. The third-order valence-corrected chi connectivity index (χ3v) is 10.6. The third kappa shape index (κ3) is 10.5. The Balaban J connectivity index is 0.000000211. The molecule has 0 atom stereocenters. The van der Waals surface area contributed by atoms with E-state index in [1.165, 1.54) is 6.42 Å². The number of para-hydroxylation sites is 2. The summed E-state index contributed by atoms with van der Waals surface area (Å²) in [6.07, 6.45) is 11.1. The molecule has 0 bridgehead atoms. The Bertz CT molecular complexity index is 2150. The first-order valence-corrected chi connectivity index (χ1v) is 20.8. The zero-order chi connectivity index (χ0) is 39.8. The molecule has 10 nitrogen and oxygen atoms in total. The highest BCUT2D eigenvalue weighted by molar-refractivity contribution is 6.07. The average molecular weight is 749 g/mol. The number of hydrogen-bond donors (Lipinski definition) is 3. The van der Waals surface area contributed by atoms with E-state index in [0.717, 1.165) is 139 Å². The maximum atomic E-state index is 6.28. The van der Waals surface area contributed by atoms with Gasteiger partial charge in [0.2, 0.25) is 0 Å². The van der Waals surface area contributed by atoms with Gasteiger partial charge in [0.1, 0.15) is 22.7 Å². The molecule has 4 heterocycles. The molecule has 0 saturated carbocycles. The van der Waals surface area contributed by atoms with E-state index in [2.05, 4.69) is 116 Å². The minimum atomic E-state index is 0.171. The molecule has 55 heavy (non-hydrogen) atoms. The fraction of sp³-hybridized carbons (Fsp3) is 0.556. The van der Waals surface area contributed by atoms with Crippen LogP contribution in [0.2, 0.25) is 0 Å². The fourth-order valence-corrected chi connectivity index (χ4v) is 7.16. The molecule has 298 valence electrons. The summed E-state index contributed by atoms with van der Waals surface area (Å²) in [6, 6.07) is 16.5. The third-order valence-electron chi connectivity index (χ3n) is 10.6. The number of hydrogen-bond acceptors (Lipinski definition) is 8. The molecule has 0 saturated heterocycles. The van der Waals surface area contributed by atoms with Crippen molar-refractivity contribution in [3.63, 3.8) is 0 Å². The van der Waals surface area contributed by atoms with Gasteiger partial charge in [-0.25, -0.2) is 19.9 Å². The zero-order valence-corrected chi connectivity index (χ0v) is 35.3. The van der Waals surface area contributed by atoms with Crippen LogP contribution in [0.3, 0.4) is 0 Å². The highest BCUT2D eigenvalue weighted by Gasteiger charge is 2.20. The van der Waals surface area contributed by atoms with Gasteiger partial charge in [0.15, 0.2) is 11.6 Å². The number of fused-ring (bicyclic) bond motifs is 6. The van der Waals surface area contributed by atoms with Crippen molar-refractivity contribution in [2.75, 3.05) is 31.6 Å². The number of rotatable bonds is 16. The van der Waals surface area contributed by atoms with Gasteiger partial charge in [-0.05, 0) is 112 Å². The van der Waals surface area contributed by atoms with Gasteiger partial charge in [-0.15, -0.1) is 0 Å². The largest absolute Gasteiger partial charge is 0.382 e. The van der Waals surface area contributed by atoms with Gasteiger partial charge in [-0.2, -0.15) is 0 Å². The number of nitrogen functional groups attached to an aromatic ring is 2. The Morgan fingerprint density at radius 3 is 1.51 bits per heavy atom. The van der Waals surface area contributed by atoms with Crippen LogP contribution < -0.4 is 16.8 Å². The molecule has 0 aliphatic heterocycles. The molecule has 0 radical (unpaired) electrons. The minimum Gasteiger partial charge on any atom is -0.382 e. The normalized spacial score (nSPS) is 12.4. The number of benzene rings is 2. The topological polar surface area (TPSA) is 129 Å². The second-order valence-corrected chi connectivity index (χ2v) is 17.2. The highest BCUT2D eigenvalue weighted by Crippen LogP contribution is 2.31. The maximum Gasteiger partial charge on any atom is 0.152 e. The summed E-state index contributed by atoms with van der Waals surface area (Å²) in [6.45, 7) is 21.9. The first-order valence-electron chi connectivity index (χ1n) is 20.8. The summed E-state index contributed by atoms with van der Waals surface area (Å²) in [5.41, 5.74) is 18.8. The molecule has 0 fully saturated rings. The van der Waals surface area contributed by atoms with Crippen LogP contribution in [0.25, 0.3) is 43.9 Å². The molecule has 0 aliphatic rings. The van der Waals surface area contributed by atoms with E-state index < -0.39 is 0 Å². The van der Waals surface area contributed by atoms with Crippen molar-refractivity contribution in [2.24, 2.45) is 0 Å². The zero-order valence-electron chi connectivity index (χ0n) is 35.3. The van der Waals surface area contributed by atoms with E-state index in [9.17, 15) is 0 Å². The number of nitrogens with zero attached hydrogens (tertiary/aromatic N) is 7. The number of nitrogens with two attached hydrogens (primary N) is 2. The average Bonchev–Trinajstić information content (AvgIpc) is 3.70. The van der Waals surface area contributed by atoms with Gasteiger partial charge < -0.3 is 30.8 Å². The molecule has 0 aliphatic carbocycles. The van der Waals surface area contributed by atoms with E-state index in [1.807, 2.05) is 24.3 Å². The van der Waals surface area contributed by atoms with E-state index in [1.54, 1.807) is 0 Å². The first-order chi connectivity index (χ1) is 26.2. The molecule has 0 unspecified atom stereocenters. The predicted molar refractivity (Wildman–Crippen MR) is 235 cm³/mol. The molecule has 4 aromatic heterocycles. The molecule has 10 heteroatoms. The van der Waals surface area contributed by atoms with Gasteiger partial charge in [-0.1, -0.05) is 63.1 Å². The molecule has 6 rings (SSSR count). The van der Waals surface area contributed by atoms with Crippen molar-refractivity contribution in [3.05, 3.63) is 60.2 Å². The van der Waals surface area contributed by atoms with E-state index in [4.69, 9.17) is 21.4 Å². The molecule has 6 aromatic rings. The van der Waals surface area contributed by atoms with Crippen LogP contribution in [-0.4, -0.2) is 65.2 Å². The lowest BCUT2D eigenvalue weighted by atomic mass is 10.1. The number of aromatic nitrogens is 6. The monoisotopic (exact) mass is 749 g/mol. The lowest BCUT2D eigenvalue weighted by molar-refractivity contribution is 0.172. The van der Waals surface area contributed by atoms with E-state index in [-0.39, 0.29) is 11.1 Å². The van der Waals surface area contributed by atoms with Gasteiger partial charge in [0.25, 0.3) is 0 Å². The molecule has 0 spiro atoms. The molecule has 0 amide bonds. The van der Waals surface area contributed by atoms with Crippen LogP contribution in [0.15, 0.2) is 48.5 Å². The van der Waals surface area contributed by atoms with Crippen molar-refractivity contribution >= 4 is 55.5 Å². The van der Waals surface area contributed by atoms with E-state index >= 15 is 0 Å². The van der Waals surface area contributed by atoms with Crippen molar-refractivity contribution < 1.29 is 0 Å². The van der Waals surface area contributed by atoms with Crippen molar-refractivity contribution in [1.82, 2.24) is 39.3 Å². The van der Waals surface area contributed by atoms with Crippen molar-refractivity contribution in [1.29, 1.82) is 0 Å². The molecule has 2 aromatic carbocycles. The van der Waals surface area contributed by atoms with E-state index in [0.29, 0.717) is 11.6 Å². The number of unbranched alkanes of at least 4 members (excludes halogenated alkanes) is 4. The van der Waals surface area contributed by atoms with Crippen LogP contribution in [-0.2, 0) is 25.9 Å². The summed E-state index contributed by atoms with van der Waals surface area (Å²) in [5, 5.41) is 5.86. The number of anilines is 2. The minimum absolute atomic E-state index is 0.171. The van der Waals surface area contributed by atoms with Crippen LogP contribution in [0.5, 0.6) is 0 Å². The molecule has 5 N–H and O–H groups in total. The standard InChI is InChI=1S/C23H35N5.C22H33N5/c1-6-7-14-19-26-20-21(17-12-8-9-13-18(17)25-22(20)24)28(19)16-11-10-15-27(5)23(2,3)4;1-5-6-13-18-26-19-20(16-11-7-8-12-17(16)25-21(19)23)27(18)15-10-9-14-24-22(2,3)4/h8-9,12-13H,6-7,10-11,14-16H2,1-5H3,(H2,24,25);7-8,11-12,24H,5-6,9-10,13-15H2,1-4H3,(H2,23,25). The van der Waals surface area contributed by atoms with Gasteiger partial charge >= 0.3 is 0 Å². The van der Waals surface area contributed by atoms with Gasteiger partial charge in [0, 0.05) is 47.8 Å². The smallest absolute Gasteiger partial charge is 0.152 e. The summed E-state index contributed by atoms with van der Waals surface area (Å²) >= 11 is 0. The van der Waals surface area contributed by atoms with Crippen LogP contribution in [0.1, 0.15) is 118 Å². The fourth-order valence-electron chi connectivity index (χ4n) is 7.16. The van der Waals surface area contributed by atoms with Gasteiger partial charge in [0.05, 0.1) is 22.1 Å². The van der Waals surface area contributed by atoms with Crippen LogP contribution >= 0.6 is 0 Å². The Kier molecular flexibility index (Phi) is 14.1. The quantitative estimate of drug-likeness (QED) is 0.0835. The molecular weight excluding hydrogens is 681 g/mol. The predicted octanol–water partition coefficient (Wildman–Crippen LogP) is 9.70. The summed E-state index contributed by atoms with van der Waals surface area (Å²) in [7, 11) is 2.21. The summed E-state index contributed by atoms with van der Waals surface area (Å²) < 4.78 is 4.80. The highest BCUT2D eigenvalue weighted by atomic mass is 15.2. The van der Waals surface area contributed by atoms with Crippen molar-refractivity contribution in [2.45, 2.75) is 144 Å². The summed E-state index contributed by atoms with van der Waals surface area (Å²) in [4.78, 5) is 21.4. The first kappa shape index (κ1) is 41.9. The Morgan fingerprint density at radius 2 is 1.07 bits per heavy atom. The number of aryl methyl sites for hydroxylation is 4. The Hall–Kier alpha value is -4.28. The Morgan fingerprint density at radius 1 is 0.618 bits per heavy atom. The number of nitrogens with one attached hydrogen (secondary N) is 1. The van der Waals surface area contributed by atoms with Gasteiger partial charge in [-0.3, -0.25) is 0 Å². The second-order valence-electron chi connectivity index (χ2n) is 17.2.